The van der Waals surface area contributed by atoms with Crippen LogP contribution in [0.25, 0.3) is 0 Å². The number of β-amino-alcohol motifs (C(OH)–C–C–N with tert-alkyl or cyclic N) is 1. The molecule has 0 aliphatic carbocycles. The number of carbonyl (C=O) groups is 1. The van der Waals surface area contributed by atoms with Gasteiger partial charge in [-0.15, -0.1) is 0 Å². The molecule has 2 N–H and O–H groups in total. The number of hydrogen-bond acceptors (Lipinski definition) is 6. The Morgan fingerprint density at radius 1 is 1.22 bits per heavy atom. The highest BCUT2D eigenvalue weighted by Crippen LogP contribution is 2.16. The average molecular weight is 320 g/mol. The molecule has 2 fully saturated rings. The number of amides is 2. The number of aliphatic hydroxyl groups is 1. The minimum absolute atomic E-state index is 0.0355. The van der Waals surface area contributed by atoms with E-state index < -0.39 is 6.10 Å². The van der Waals surface area contributed by atoms with Crippen molar-refractivity contribution in [2.24, 2.45) is 0 Å². The van der Waals surface area contributed by atoms with Crippen LogP contribution < -0.4 is 10.2 Å². The number of rotatable bonds is 2. The van der Waals surface area contributed by atoms with Crippen LogP contribution in [0.3, 0.4) is 0 Å². The Bertz CT molecular complexity index is 549. The second kappa shape index (κ2) is 6.99. The molecular weight excluding hydrogens is 296 g/mol. The second-order valence-corrected chi connectivity index (χ2v) is 6.01. The lowest BCUT2D eigenvalue weighted by Gasteiger charge is -2.27. The highest BCUT2D eigenvalue weighted by atomic mass is 16.3. The van der Waals surface area contributed by atoms with Crippen molar-refractivity contribution in [2.75, 3.05) is 56.5 Å². The topological polar surface area (TPSA) is 84.8 Å². The molecule has 0 bridgehead atoms. The molecule has 1 unspecified atom stereocenters. The van der Waals surface area contributed by atoms with Crippen LogP contribution in [0.4, 0.5) is 16.6 Å². The number of urea groups is 1. The van der Waals surface area contributed by atoms with Crippen LogP contribution >= 0.6 is 0 Å². The van der Waals surface area contributed by atoms with Crippen molar-refractivity contribution in [2.45, 2.75) is 18.9 Å². The SMILES string of the molecule is CNc1ccnc(N2CCN(C(=O)N3CCCC3)CC(O)C2)n1. The number of likely N-dealkylation sites (tertiary alicyclic amines) is 1. The largest absolute Gasteiger partial charge is 0.389 e. The van der Waals surface area contributed by atoms with Crippen LogP contribution in [-0.4, -0.2) is 83.3 Å². The summed E-state index contributed by atoms with van der Waals surface area (Å²) < 4.78 is 0. The number of anilines is 2. The summed E-state index contributed by atoms with van der Waals surface area (Å²) in [6.45, 7) is 3.61. The van der Waals surface area contributed by atoms with Crippen LogP contribution in [0, 0.1) is 0 Å². The van der Waals surface area contributed by atoms with Crippen molar-refractivity contribution >= 4 is 17.8 Å². The first-order chi connectivity index (χ1) is 11.2. The molecule has 3 heterocycles. The standard InChI is InChI=1S/C15H24N6O2/c1-16-13-4-5-17-14(18-13)20-8-9-21(11-12(22)10-20)15(23)19-6-2-3-7-19/h4-5,12,22H,2-3,6-11H2,1H3,(H,16,17,18). The van der Waals surface area contributed by atoms with Gasteiger partial charge in [-0.3, -0.25) is 0 Å². The summed E-state index contributed by atoms with van der Waals surface area (Å²) in [6, 6.07) is 1.83. The van der Waals surface area contributed by atoms with E-state index in [9.17, 15) is 9.90 Å². The zero-order valence-corrected chi connectivity index (χ0v) is 13.5. The van der Waals surface area contributed by atoms with E-state index in [4.69, 9.17) is 0 Å². The zero-order chi connectivity index (χ0) is 16.2. The predicted octanol–water partition coefficient (Wildman–Crippen LogP) is 0.217. The summed E-state index contributed by atoms with van der Waals surface area (Å²) >= 11 is 0. The van der Waals surface area contributed by atoms with Crippen molar-refractivity contribution < 1.29 is 9.90 Å². The van der Waals surface area contributed by atoms with Gasteiger partial charge in [-0.05, 0) is 18.9 Å². The van der Waals surface area contributed by atoms with Crippen LogP contribution in [-0.2, 0) is 0 Å². The van der Waals surface area contributed by atoms with Crippen molar-refractivity contribution in [3.8, 4) is 0 Å². The Kier molecular flexibility index (Phi) is 4.80. The number of aromatic nitrogens is 2. The molecule has 3 rings (SSSR count). The Balaban J connectivity index is 1.68. The lowest BCUT2D eigenvalue weighted by Crippen LogP contribution is -2.45. The molecule has 126 valence electrons. The van der Waals surface area contributed by atoms with Crippen LogP contribution in [0.15, 0.2) is 12.3 Å². The van der Waals surface area contributed by atoms with Crippen molar-refractivity contribution in [1.82, 2.24) is 19.8 Å². The third kappa shape index (κ3) is 3.64. The molecule has 8 nitrogen and oxygen atoms in total. The first-order valence-corrected chi connectivity index (χ1v) is 8.15. The Morgan fingerprint density at radius 2 is 2.00 bits per heavy atom. The fraction of sp³-hybridized carbons (Fsp3) is 0.667. The maximum absolute atomic E-state index is 12.5. The Labute approximate surface area is 136 Å². The molecule has 1 aromatic heterocycles. The van der Waals surface area contributed by atoms with Crippen LogP contribution in [0.2, 0.25) is 0 Å². The maximum atomic E-state index is 12.5. The second-order valence-electron chi connectivity index (χ2n) is 6.01. The molecular formula is C15H24N6O2. The molecule has 0 saturated carbocycles. The number of carbonyl (C=O) groups excluding carboxylic acids is 1. The van der Waals surface area contributed by atoms with Gasteiger partial charge in [0.2, 0.25) is 5.95 Å². The Morgan fingerprint density at radius 3 is 2.74 bits per heavy atom. The fourth-order valence-electron chi connectivity index (χ4n) is 3.09. The molecule has 1 aromatic rings. The summed E-state index contributed by atoms with van der Waals surface area (Å²) in [5.41, 5.74) is 0. The molecule has 0 radical (unpaired) electrons. The minimum atomic E-state index is -0.606. The van der Waals surface area contributed by atoms with E-state index in [-0.39, 0.29) is 6.03 Å². The number of nitrogens with zero attached hydrogens (tertiary/aromatic N) is 5. The number of nitrogens with one attached hydrogen (secondary N) is 1. The highest BCUT2D eigenvalue weighted by molar-refractivity contribution is 5.75. The van der Waals surface area contributed by atoms with Gasteiger partial charge in [-0.25, -0.2) is 9.78 Å². The zero-order valence-electron chi connectivity index (χ0n) is 13.5. The van der Waals surface area contributed by atoms with Crippen LogP contribution in [0.1, 0.15) is 12.8 Å². The van der Waals surface area contributed by atoms with E-state index in [1.54, 1.807) is 24.2 Å². The van der Waals surface area contributed by atoms with Gasteiger partial charge in [0.1, 0.15) is 5.82 Å². The fourth-order valence-corrected chi connectivity index (χ4v) is 3.09. The van der Waals surface area contributed by atoms with Crippen molar-refractivity contribution in [1.29, 1.82) is 0 Å². The third-order valence-electron chi connectivity index (χ3n) is 4.33. The predicted molar refractivity (Wildman–Crippen MR) is 87.6 cm³/mol. The van der Waals surface area contributed by atoms with Gasteiger partial charge in [-0.2, -0.15) is 4.98 Å². The molecule has 8 heteroatoms. The third-order valence-corrected chi connectivity index (χ3v) is 4.33. The van der Waals surface area contributed by atoms with Gasteiger partial charge in [0.25, 0.3) is 0 Å². The van der Waals surface area contributed by atoms with Gasteiger partial charge in [-0.1, -0.05) is 0 Å². The molecule has 2 saturated heterocycles. The smallest absolute Gasteiger partial charge is 0.320 e. The molecule has 23 heavy (non-hydrogen) atoms. The van der Waals surface area contributed by atoms with E-state index >= 15 is 0 Å². The average Bonchev–Trinajstić information content (AvgIpc) is 3.04. The molecule has 2 amide bonds. The molecule has 0 spiro atoms. The summed E-state index contributed by atoms with van der Waals surface area (Å²) in [6.07, 6.45) is 3.22. The van der Waals surface area contributed by atoms with Gasteiger partial charge in [0.15, 0.2) is 0 Å². The summed E-state index contributed by atoms with van der Waals surface area (Å²) in [4.78, 5) is 26.8. The lowest BCUT2D eigenvalue weighted by atomic mass is 10.3. The van der Waals surface area contributed by atoms with E-state index in [1.165, 1.54) is 0 Å². The van der Waals surface area contributed by atoms with Crippen molar-refractivity contribution in [3.05, 3.63) is 12.3 Å². The highest BCUT2D eigenvalue weighted by Gasteiger charge is 2.29. The number of hydrogen-bond donors (Lipinski definition) is 2. The molecule has 0 aromatic carbocycles. The molecule has 2 aliphatic rings. The monoisotopic (exact) mass is 320 g/mol. The van der Waals surface area contributed by atoms with Crippen LogP contribution in [0.5, 0.6) is 0 Å². The summed E-state index contributed by atoms with van der Waals surface area (Å²) in [5.74, 6) is 1.31. The maximum Gasteiger partial charge on any atom is 0.320 e. The molecule has 1 atom stereocenters. The van der Waals surface area contributed by atoms with E-state index in [0.29, 0.717) is 32.1 Å². The first-order valence-electron chi connectivity index (χ1n) is 8.15. The van der Waals surface area contributed by atoms with Crippen molar-refractivity contribution in [3.63, 3.8) is 0 Å². The minimum Gasteiger partial charge on any atom is -0.389 e. The van der Waals surface area contributed by atoms with Gasteiger partial charge in [0, 0.05) is 46.0 Å². The van der Waals surface area contributed by atoms with Gasteiger partial charge in [0.05, 0.1) is 12.6 Å². The van der Waals surface area contributed by atoms with E-state index in [0.717, 1.165) is 31.7 Å². The summed E-state index contributed by atoms with van der Waals surface area (Å²) in [7, 11) is 1.81. The lowest BCUT2D eigenvalue weighted by molar-refractivity contribution is 0.121. The van der Waals surface area contributed by atoms with Gasteiger partial charge >= 0.3 is 6.03 Å². The normalized spacial score (nSPS) is 22.2. The van der Waals surface area contributed by atoms with E-state index in [2.05, 4.69) is 15.3 Å². The first kappa shape index (κ1) is 15.8. The quantitative estimate of drug-likeness (QED) is 0.811. The van der Waals surface area contributed by atoms with E-state index in [1.807, 2.05) is 9.80 Å². The molecule has 2 aliphatic heterocycles. The summed E-state index contributed by atoms with van der Waals surface area (Å²) in [5, 5.41) is 13.3. The Hall–Kier alpha value is -2.09. The van der Waals surface area contributed by atoms with Gasteiger partial charge < -0.3 is 25.1 Å². The number of aliphatic hydroxyl groups excluding tert-OH is 1.